The highest BCUT2D eigenvalue weighted by Crippen LogP contribution is 2.29. The SMILES string of the molecule is CCOC(=O)C1=C(C)N=c2sc(=Cc3cn(-c4ccccc4)nc3-c3cccs3)c(=O)n2C1C=Cc1ccccc1. The van der Waals surface area contributed by atoms with Crippen LogP contribution in [-0.2, 0) is 9.53 Å². The Morgan fingerprint density at radius 3 is 2.51 bits per heavy atom. The first-order valence-corrected chi connectivity index (χ1v) is 14.8. The van der Waals surface area contributed by atoms with Crippen molar-refractivity contribution in [2.45, 2.75) is 19.9 Å². The third-order valence-electron chi connectivity index (χ3n) is 6.63. The van der Waals surface area contributed by atoms with E-state index in [1.165, 1.54) is 11.3 Å². The van der Waals surface area contributed by atoms with Crippen LogP contribution < -0.4 is 14.9 Å². The van der Waals surface area contributed by atoms with Crippen molar-refractivity contribution in [1.82, 2.24) is 14.3 Å². The average molecular weight is 579 g/mol. The number of carbonyl (C=O) groups is 1. The van der Waals surface area contributed by atoms with Crippen LogP contribution in [-0.4, -0.2) is 26.9 Å². The van der Waals surface area contributed by atoms with E-state index < -0.39 is 12.0 Å². The number of nitrogens with zero attached hydrogens (tertiary/aromatic N) is 4. The fourth-order valence-corrected chi connectivity index (χ4v) is 6.51. The van der Waals surface area contributed by atoms with Gasteiger partial charge in [0.25, 0.3) is 5.56 Å². The second kappa shape index (κ2) is 11.5. The minimum absolute atomic E-state index is 0.227. The number of thiazole rings is 1. The van der Waals surface area contributed by atoms with Crippen molar-refractivity contribution in [3.8, 4) is 16.3 Å². The molecular weight excluding hydrogens is 553 g/mol. The third-order valence-corrected chi connectivity index (χ3v) is 8.49. The zero-order valence-corrected chi connectivity index (χ0v) is 24.1. The molecule has 0 saturated heterocycles. The maximum atomic E-state index is 14.0. The normalized spacial score (nSPS) is 15.3. The van der Waals surface area contributed by atoms with E-state index in [4.69, 9.17) is 9.84 Å². The average Bonchev–Trinajstić information content (AvgIpc) is 3.73. The number of fused-ring (bicyclic) bond motifs is 1. The van der Waals surface area contributed by atoms with Gasteiger partial charge in [-0.05, 0) is 49.1 Å². The van der Waals surface area contributed by atoms with Gasteiger partial charge in [-0.25, -0.2) is 14.5 Å². The van der Waals surface area contributed by atoms with Gasteiger partial charge in [0.05, 0.1) is 39.0 Å². The Hall–Kier alpha value is -4.60. The van der Waals surface area contributed by atoms with Crippen LogP contribution in [0, 0.1) is 0 Å². The van der Waals surface area contributed by atoms with Crippen molar-refractivity contribution in [3.05, 3.63) is 133 Å². The monoisotopic (exact) mass is 578 g/mol. The highest BCUT2D eigenvalue weighted by molar-refractivity contribution is 7.13. The number of benzene rings is 2. The number of carbonyl (C=O) groups excluding carboxylic acids is 1. The lowest BCUT2D eigenvalue weighted by atomic mass is 10.0. The summed E-state index contributed by atoms with van der Waals surface area (Å²) in [6, 6.07) is 23.0. The maximum absolute atomic E-state index is 14.0. The molecule has 41 heavy (non-hydrogen) atoms. The number of hydrogen-bond acceptors (Lipinski definition) is 7. The Labute approximate surface area is 244 Å². The van der Waals surface area contributed by atoms with E-state index in [9.17, 15) is 9.59 Å². The summed E-state index contributed by atoms with van der Waals surface area (Å²) in [7, 11) is 0. The van der Waals surface area contributed by atoms with Gasteiger partial charge in [-0.1, -0.05) is 78.1 Å². The highest BCUT2D eigenvalue weighted by Gasteiger charge is 2.30. The summed E-state index contributed by atoms with van der Waals surface area (Å²) in [6.07, 6.45) is 7.58. The van der Waals surface area contributed by atoms with E-state index in [2.05, 4.69) is 4.99 Å². The molecule has 3 aromatic heterocycles. The van der Waals surface area contributed by atoms with E-state index in [0.717, 1.165) is 27.4 Å². The van der Waals surface area contributed by atoms with Crippen LogP contribution in [0.2, 0.25) is 0 Å². The number of aromatic nitrogens is 3. The molecule has 0 aliphatic carbocycles. The molecule has 1 unspecified atom stereocenters. The lowest BCUT2D eigenvalue weighted by Gasteiger charge is -2.21. The lowest BCUT2D eigenvalue weighted by Crippen LogP contribution is -2.38. The van der Waals surface area contributed by atoms with Gasteiger partial charge in [0.1, 0.15) is 5.69 Å². The second-order valence-electron chi connectivity index (χ2n) is 9.30. The van der Waals surface area contributed by atoms with Gasteiger partial charge >= 0.3 is 5.97 Å². The molecule has 204 valence electrons. The number of allylic oxidation sites excluding steroid dienone is 2. The topological polar surface area (TPSA) is 78.5 Å². The molecule has 2 aromatic carbocycles. The van der Waals surface area contributed by atoms with Crippen LogP contribution in [0.3, 0.4) is 0 Å². The number of hydrogen-bond donors (Lipinski definition) is 0. The quantitative estimate of drug-likeness (QED) is 0.243. The molecule has 1 aliphatic rings. The van der Waals surface area contributed by atoms with Crippen LogP contribution >= 0.6 is 22.7 Å². The highest BCUT2D eigenvalue weighted by atomic mass is 32.1. The second-order valence-corrected chi connectivity index (χ2v) is 11.3. The third kappa shape index (κ3) is 5.29. The van der Waals surface area contributed by atoms with E-state index in [1.54, 1.807) is 29.8 Å². The van der Waals surface area contributed by atoms with Crippen molar-refractivity contribution in [2.24, 2.45) is 4.99 Å². The Kier molecular flexibility index (Phi) is 7.45. The van der Waals surface area contributed by atoms with Crippen molar-refractivity contribution in [3.63, 3.8) is 0 Å². The van der Waals surface area contributed by atoms with Gasteiger partial charge in [-0.2, -0.15) is 5.10 Å². The molecular formula is C32H26N4O3S2. The standard InChI is InChI=1S/C32H26N4O3S2/c1-3-39-31(38)28-21(2)33-32-36(25(28)17-16-22-11-6-4-7-12-22)30(37)27(41-32)19-23-20-35(24-13-8-5-9-14-24)34-29(23)26-15-10-18-40-26/h4-20,25H,3H2,1-2H3. The van der Waals surface area contributed by atoms with E-state index >= 15 is 0 Å². The summed E-state index contributed by atoms with van der Waals surface area (Å²) in [5, 5.41) is 6.87. The first-order valence-electron chi connectivity index (χ1n) is 13.2. The predicted molar refractivity (Wildman–Crippen MR) is 164 cm³/mol. The summed E-state index contributed by atoms with van der Waals surface area (Å²) in [6.45, 7) is 3.77. The van der Waals surface area contributed by atoms with Crippen molar-refractivity contribution >= 4 is 40.8 Å². The van der Waals surface area contributed by atoms with E-state index in [-0.39, 0.29) is 12.2 Å². The van der Waals surface area contributed by atoms with Crippen LogP contribution in [0.15, 0.2) is 112 Å². The molecule has 0 N–H and O–H groups in total. The summed E-state index contributed by atoms with van der Waals surface area (Å²) < 4.78 is 9.29. The minimum Gasteiger partial charge on any atom is -0.463 e. The molecule has 0 fully saturated rings. The molecule has 7 nitrogen and oxygen atoms in total. The Bertz CT molecular complexity index is 1950. The smallest absolute Gasteiger partial charge is 0.338 e. The fraction of sp³-hybridized carbons (Fsp3) is 0.125. The van der Waals surface area contributed by atoms with Gasteiger partial charge in [0, 0.05) is 11.8 Å². The van der Waals surface area contributed by atoms with Crippen molar-refractivity contribution < 1.29 is 9.53 Å². The van der Waals surface area contributed by atoms with E-state index in [0.29, 0.717) is 20.6 Å². The number of para-hydroxylation sites is 1. The molecule has 0 amide bonds. The van der Waals surface area contributed by atoms with Crippen LogP contribution in [0.1, 0.15) is 31.0 Å². The molecule has 0 radical (unpaired) electrons. The molecule has 4 heterocycles. The molecule has 5 aromatic rings. The summed E-state index contributed by atoms with van der Waals surface area (Å²) in [5.41, 5.74) is 4.16. The van der Waals surface area contributed by atoms with Gasteiger partial charge in [0.15, 0.2) is 4.80 Å². The number of ether oxygens (including phenoxy) is 1. The lowest BCUT2D eigenvalue weighted by molar-refractivity contribution is -0.139. The van der Waals surface area contributed by atoms with Crippen LogP contribution in [0.5, 0.6) is 0 Å². The van der Waals surface area contributed by atoms with Crippen LogP contribution in [0.25, 0.3) is 28.4 Å². The first-order chi connectivity index (χ1) is 20.0. The number of rotatable bonds is 7. The van der Waals surface area contributed by atoms with E-state index in [1.807, 2.05) is 107 Å². The summed E-state index contributed by atoms with van der Waals surface area (Å²) in [4.78, 5) is 33.3. The largest absolute Gasteiger partial charge is 0.463 e. The Balaban J connectivity index is 1.51. The zero-order valence-electron chi connectivity index (χ0n) is 22.4. The van der Waals surface area contributed by atoms with Gasteiger partial charge in [-0.3, -0.25) is 9.36 Å². The van der Waals surface area contributed by atoms with Gasteiger partial charge < -0.3 is 4.74 Å². The molecule has 1 atom stereocenters. The number of thiophene rings is 1. The van der Waals surface area contributed by atoms with Crippen molar-refractivity contribution in [2.75, 3.05) is 6.61 Å². The predicted octanol–water partition coefficient (Wildman–Crippen LogP) is 5.38. The zero-order chi connectivity index (χ0) is 28.3. The minimum atomic E-state index is -0.656. The van der Waals surface area contributed by atoms with Gasteiger partial charge in [0.2, 0.25) is 0 Å². The molecule has 0 bridgehead atoms. The Morgan fingerprint density at radius 2 is 1.80 bits per heavy atom. The molecule has 1 aliphatic heterocycles. The van der Waals surface area contributed by atoms with Crippen molar-refractivity contribution in [1.29, 1.82) is 0 Å². The van der Waals surface area contributed by atoms with Crippen LogP contribution in [0.4, 0.5) is 0 Å². The molecule has 6 rings (SSSR count). The maximum Gasteiger partial charge on any atom is 0.338 e. The molecule has 0 spiro atoms. The molecule has 9 heteroatoms. The molecule has 0 saturated carbocycles. The fourth-order valence-electron chi connectivity index (χ4n) is 4.73. The summed E-state index contributed by atoms with van der Waals surface area (Å²) >= 11 is 2.89. The summed E-state index contributed by atoms with van der Waals surface area (Å²) in [5.74, 6) is -0.477. The Morgan fingerprint density at radius 1 is 1.05 bits per heavy atom. The number of esters is 1. The first kappa shape index (κ1) is 26.6. The van der Waals surface area contributed by atoms with Gasteiger partial charge in [-0.15, -0.1) is 11.3 Å².